The summed E-state index contributed by atoms with van der Waals surface area (Å²) in [6.07, 6.45) is 5.55. The summed E-state index contributed by atoms with van der Waals surface area (Å²) >= 11 is 1.45. The molecule has 4 aromatic carbocycles. The lowest BCUT2D eigenvalue weighted by Crippen LogP contribution is -2.30. The number of nitrogens with zero attached hydrogens (tertiary/aromatic N) is 5. The van der Waals surface area contributed by atoms with Gasteiger partial charge in [-0.3, -0.25) is 4.90 Å². The highest BCUT2D eigenvalue weighted by molar-refractivity contribution is 8.29. The highest BCUT2D eigenvalue weighted by Gasteiger charge is 2.34. The van der Waals surface area contributed by atoms with Crippen LogP contribution in [0.25, 0.3) is 6.08 Å². The molecule has 0 radical (unpaired) electrons. The van der Waals surface area contributed by atoms with Gasteiger partial charge in [-0.05, 0) is 59.8 Å². The van der Waals surface area contributed by atoms with E-state index in [2.05, 4.69) is 10.2 Å². The van der Waals surface area contributed by atoms with E-state index in [4.69, 9.17) is 9.98 Å². The summed E-state index contributed by atoms with van der Waals surface area (Å²) in [7, 11) is 0. The lowest BCUT2D eigenvalue weighted by atomic mass is 10.2. The Bertz CT molecular complexity index is 1430. The van der Waals surface area contributed by atoms with Crippen LogP contribution in [-0.2, 0) is 0 Å². The number of thioether (sulfide) groups is 1. The molecule has 0 amide bonds. The first-order valence-corrected chi connectivity index (χ1v) is 12.3. The van der Waals surface area contributed by atoms with Gasteiger partial charge < -0.3 is 0 Å². The maximum Gasteiger partial charge on any atom is 0.202 e. The molecule has 1 saturated heterocycles. The van der Waals surface area contributed by atoms with Gasteiger partial charge in [-0.1, -0.05) is 91.0 Å². The molecule has 0 N–H and O–H groups in total. The summed E-state index contributed by atoms with van der Waals surface area (Å²) in [5.74, 6) is 0.704. The van der Waals surface area contributed by atoms with Gasteiger partial charge in [0.15, 0.2) is 5.84 Å². The van der Waals surface area contributed by atoms with Crippen LogP contribution in [0.5, 0.6) is 0 Å². The van der Waals surface area contributed by atoms with Crippen LogP contribution in [0.2, 0.25) is 0 Å². The van der Waals surface area contributed by atoms with E-state index >= 15 is 0 Å². The third kappa shape index (κ3) is 5.92. The number of benzene rings is 4. The monoisotopic (exact) mass is 485 g/mol. The second-order valence-corrected chi connectivity index (χ2v) is 8.67. The summed E-state index contributed by atoms with van der Waals surface area (Å²) in [4.78, 5) is 11.9. The van der Waals surface area contributed by atoms with Crippen LogP contribution in [0.3, 0.4) is 0 Å². The first-order chi connectivity index (χ1) is 17.9. The third-order valence-electron chi connectivity index (χ3n) is 5.16. The maximum absolute atomic E-state index is 4.97. The average molecular weight is 486 g/mol. The van der Waals surface area contributed by atoms with E-state index in [1.807, 2.05) is 138 Å². The van der Waals surface area contributed by atoms with Crippen molar-refractivity contribution in [2.45, 2.75) is 0 Å². The molecule has 1 aliphatic heterocycles. The largest absolute Gasteiger partial charge is 0.269 e. The summed E-state index contributed by atoms with van der Waals surface area (Å²) in [6.45, 7) is 0. The Morgan fingerprint density at radius 2 is 1.17 bits per heavy atom. The van der Waals surface area contributed by atoms with Crippen LogP contribution in [-0.4, -0.2) is 22.3 Å². The minimum absolute atomic E-state index is 0.676. The topological polar surface area (TPSA) is 52.7 Å². The number of hydrogen-bond acceptors (Lipinski definition) is 5. The van der Waals surface area contributed by atoms with Crippen molar-refractivity contribution in [3.8, 4) is 0 Å². The Morgan fingerprint density at radius 1 is 0.611 bits per heavy atom. The maximum atomic E-state index is 4.97. The molecule has 6 heteroatoms. The molecule has 0 spiro atoms. The second-order valence-electron chi connectivity index (χ2n) is 7.71. The molecule has 5 nitrogen and oxygen atoms in total. The standard InChI is InChI=1S/C30H23N5S/c1-5-14-24(15-6-1)16-13-23-31-34-30-35(27-21-11-4-12-22-27)28(32-25-17-7-2-8-18-25)29(36-30)33-26-19-9-3-10-20-26/h1-23H/b16-13+,31-23-,32-28?,33-29?,34-30+. The van der Waals surface area contributed by atoms with Crippen LogP contribution >= 0.6 is 11.8 Å². The zero-order valence-electron chi connectivity index (χ0n) is 19.4. The SMILES string of the molecule is C(/C=C/c1ccccc1)=N/N=C1/SC(=Nc2ccccc2)C(=Nc2ccccc2)N1c1ccccc1. The summed E-state index contributed by atoms with van der Waals surface area (Å²) < 4.78 is 0. The number of aliphatic imine (C=N–C) groups is 2. The molecule has 1 fully saturated rings. The Hall–Kier alpha value is -4.55. The van der Waals surface area contributed by atoms with Gasteiger partial charge in [0.1, 0.15) is 5.04 Å². The number of para-hydroxylation sites is 3. The summed E-state index contributed by atoms with van der Waals surface area (Å²) in [5, 5.41) is 10.3. The van der Waals surface area contributed by atoms with Gasteiger partial charge in [0.05, 0.1) is 11.4 Å². The van der Waals surface area contributed by atoms with E-state index in [9.17, 15) is 0 Å². The minimum Gasteiger partial charge on any atom is -0.269 e. The van der Waals surface area contributed by atoms with Crippen molar-refractivity contribution < 1.29 is 0 Å². The molecule has 4 aromatic rings. The Kier molecular flexibility index (Phi) is 7.56. The van der Waals surface area contributed by atoms with Crippen LogP contribution in [0.1, 0.15) is 5.56 Å². The van der Waals surface area contributed by atoms with E-state index in [1.54, 1.807) is 6.21 Å². The van der Waals surface area contributed by atoms with Crippen LogP contribution in [0.4, 0.5) is 17.1 Å². The predicted octanol–water partition coefficient (Wildman–Crippen LogP) is 7.76. The van der Waals surface area contributed by atoms with Gasteiger partial charge in [0.25, 0.3) is 0 Å². The number of anilines is 1. The molecule has 174 valence electrons. The smallest absolute Gasteiger partial charge is 0.202 e. The van der Waals surface area contributed by atoms with Crippen LogP contribution < -0.4 is 4.90 Å². The van der Waals surface area contributed by atoms with E-state index in [0.29, 0.717) is 11.0 Å². The molecule has 0 unspecified atom stereocenters. The van der Waals surface area contributed by atoms with E-state index < -0.39 is 0 Å². The van der Waals surface area contributed by atoms with Crippen molar-refractivity contribution in [1.29, 1.82) is 0 Å². The zero-order chi connectivity index (χ0) is 24.4. The first-order valence-electron chi connectivity index (χ1n) is 11.5. The zero-order valence-corrected chi connectivity index (χ0v) is 20.2. The first kappa shape index (κ1) is 23.2. The van der Waals surface area contributed by atoms with Gasteiger partial charge in [0.2, 0.25) is 5.17 Å². The number of rotatable bonds is 6. The normalized spacial score (nSPS) is 17.2. The van der Waals surface area contributed by atoms with Crippen molar-refractivity contribution in [3.63, 3.8) is 0 Å². The van der Waals surface area contributed by atoms with Crippen molar-refractivity contribution in [2.75, 3.05) is 4.90 Å². The molecule has 0 aliphatic carbocycles. The van der Waals surface area contributed by atoms with Gasteiger partial charge in [-0.2, -0.15) is 5.10 Å². The highest BCUT2D eigenvalue weighted by Crippen LogP contribution is 2.32. The second kappa shape index (κ2) is 11.7. The molecular formula is C30H23N5S. The Morgan fingerprint density at radius 3 is 1.81 bits per heavy atom. The lowest BCUT2D eigenvalue weighted by Gasteiger charge is -2.17. The fourth-order valence-electron chi connectivity index (χ4n) is 3.49. The van der Waals surface area contributed by atoms with Crippen molar-refractivity contribution in [1.82, 2.24) is 0 Å². The number of hydrogen-bond donors (Lipinski definition) is 0. The molecule has 36 heavy (non-hydrogen) atoms. The predicted molar refractivity (Wildman–Crippen MR) is 155 cm³/mol. The summed E-state index contributed by atoms with van der Waals surface area (Å²) in [6, 6.07) is 39.9. The van der Waals surface area contributed by atoms with E-state index in [0.717, 1.165) is 27.7 Å². The summed E-state index contributed by atoms with van der Waals surface area (Å²) in [5.41, 5.74) is 3.73. The van der Waals surface area contributed by atoms with E-state index in [-0.39, 0.29) is 0 Å². The van der Waals surface area contributed by atoms with E-state index in [1.165, 1.54) is 11.8 Å². The average Bonchev–Trinajstić information content (AvgIpc) is 3.27. The highest BCUT2D eigenvalue weighted by atomic mass is 32.2. The van der Waals surface area contributed by atoms with Crippen LogP contribution in [0, 0.1) is 0 Å². The Balaban J connectivity index is 1.55. The van der Waals surface area contributed by atoms with Gasteiger partial charge in [-0.25, -0.2) is 9.98 Å². The van der Waals surface area contributed by atoms with Crippen molar-refractivity contribution in [3.05, 3.63) is 133 Å². The van der Waals surface area contributed by atoms with Crippen molar-refractivity contribution in [2.24, 2.45) is 20.2 Å². The molecule has 1 aliphatic rings. The number of amidine groups is 2. The van der Waals surface area contributed by atoms with Gasteiger partial charge in [-0.15, -0.1) is 5.10 Å². The molecular weight excluding hydrogens is 462 g/mol. The van der Waals surface area contributed by atoms with Gasteiger partial charge in [0, 0.05) is 11.9 Å². The fourth-order valence-corrected chi connectivity index (χ4v) is 4.42. The number of allylic oxidation sites excluding steroid dienone is 1. The molecule has 5 rings (SSSR count). The van der Waals surface area contributed by atoms with Crippen LogP contribution in [0.15, 0.2) is 148 Å². The molecule has 0 bridgehead atoms. The lowest BCUT2D eigenvalue weighted by molar-refractivity contribution is 1.24. The molecule has 0 aromatic heterocycles. The quantitative estimate of drug-likeness (QED) is 0.207. The minimum atomic E-state index is 0.676. The van der Waals surface area contributed by atoms with Gasteiger partial charge >= 0.3 is 0 Å². The fraction of sp³-hybridized carbons (Fsp3) is 0. The molecule has 1 heterocycles. The molecule has 0 saturated carbocycles. The molecule has 0 atom stereocenters. The third-order valence-corrected chi connectivity index (χ3v) is 6.07. The van der Waals surface area contributed by atoms with Crippen molar-refractivity contribution >= 4 is 57.2 Å². The Labute approximate surface area is 215 Å².